The van der Waals surface area contributed by atoms with Gasteiger partial charge in [-0.1, -0.05) is 30.3 Å². The van der Waals surface area contributed by atoms with Gasteiger partial charge < -0.3 is 21.1 Å². The van der Waals surface area contributed by atoms with Crippen molar-refractivity contribution in [2.75, 3.05) is 32.8 Å². The van der Waals surface area contributed by atoms with Crippen molar-refractivity contribution < 1.29 is 18.3 Å². The van der Waals surface area contributed by atoms with Crippen LogP contribution in [0.15, 0.2) is 47.4 Å². The minimum Gasteiger partial charge on any atom is -0.383 e. The van der Waals surface area contributed by atoms with E-state index >= 15 is 0 Å². The van der Waals surface area contributed by atoms with Crippen LogP contribution in [0, 0.1) is 5.92 Å². The lowest BCUT2D eigenvalue weighted by atomic mass is 9.84. The summed E-state index contributed by atoms with van der Waals surface area (Å²) in [5.41, 5.74) is 12.0. The number of thiophene rings is 1. The second-order valence-corrected chi connectivity index (χ2v) is 10.5. The maximum Gasteiger partial charge on any atom is 0.297 e. The molecule has 4 heterocycles. The minimum absolute atomic E-state index is 0.00892. The maximum absolute atomic E-state index is 14.4. The van der Waals surface area contributed by atoms with E-state index in [2.05, 4.69) is 16.6 Å². The van der Waals surface area contributed by atoms with Crippen LogP contribution in [-0.2, 0) is 21.1 Å². The fourth-order valence-electron chi connectivity index (χ4n) is 4.72. The van der Waals surface area contributed by atoms with Crippen LogP contribution in [0.3, 0.4) is 0 Å². The number of nitrogens with two attached hydrogens (primary N) is 2. The Morgan fingerprint density at radius 3 is 2.76 bits per heavy atom. The van der Waals surface area contributed by atoms with Crippen molar-refractivity contribution in [1.82, 2.24) is 9.91 Å². The van der Waals surface area contributed by atoms with Crippen molar-refractivity contribution in [3.05, 3.63) is 57.0 Å². The Bertz CT molecular complexity index is 1080. The van der Waals surface area contributed by atoms with E-state index in [1.807, 2.05) is 6.92 Å². The molecule has 0 aromatic carbocycles. The Labute approximate surface area is 206 Å². The number of amides is 1. The van der Waals surface area contributed by atoms with Gasteiger partial charge >= 0.3 is 0 Å². The Balaban J connectivity index is 1.42. The van der Waals surface area contributed by atoms with Crippen LogP contribution in [0.1, 0.15) is 30.2 Å². The van der Waals surface area contributed by atoms with Gasteiger partial charge in [0.2, 0.25) is 0 Å². The number of nitrogens with zero attached hydrogens (tertiary/aromatic N) is 3. The zero-order chi connectivity index (χ0) is 24.7. The van der Waals surface area contributed by atoms with Crippen molar-refractivity contribution >= 4 is 34.6 Å². The molecule has 4 N–H and O–H groups in total. The molecule has 0 aliphatic carbocycles. The molecular weight excluding hydrogens is 484 g/mol. The van der Waals surface area contributed by atoms with Gasteiger partial charge in [-0.25, -0.2) is 5.01 Å². The molecule has 11 heteroatoms. The number of fused-ring (bicyclic) bond motifs is 2. The van der Waals surface area contributed by atoms with Crippen LogP contribution in [-0.4, -0.2) is 54.3 Å². The van der Waals surface area contributed by atoms with Gasteiger partial charge in [-0.2, -0.15) is 13.9 Å². The van der Waals surface area contributed by atoms with Crippen LogP contribution in [0.2, 0.25) is 4.34 Å². The van der Waals surface area contributed by atoms with Crippen molar-refractivity contribution in [1.29, 1.82) is 0 Å². The van der Waals surface area contributed by atoms with Crippen molar-refractivity contribution in [3.63, 3.8) is 0 Å². The highest BCUT2D eigenvalue weighted by molar-refractivity contribution is 7.16. The van der Waals surface area contributed by atoms with Gasteiger partial charge in [-0.05, 0) is 31.9 Å². The molecule has 0 radical (unpaired) electrons. The van der Waals surface area contributed by atoms with Gasteiger partial charge in [0.25, 0.3) is 11.8 Å². The second-order valence-electron chi connectivity index (χ2n) is 8.86. The Kier molecular flexibility index (Phi) is 6.87. The molecular formula is C23H28ClF2N5O2S. The first kappa shape index (κ1) is 24.8. The predicted molar refractivity (Wildman–Crippen MR) is 130 cm³/mol. The zero-order valence-electron chi connectivity index (χ0n) is 18.9. The first-order chi connectivity index (χ1) is 16.1. The topological polar surface area (TPSA) is 97.2 Å². The summed E-state index contributed by atoms with van der Waals surface area (Å²) in [5.74, 6) is -3.35. The Hall–Kier alpha value is -2.27. The summed E-state index contributed by atoms with van der Waals surface area (Å²) in [5, 5.41) is 6.13. The molecule has 4 rings (SSSR count). The SMILES string of the molecule is C=C/C=C\C(C(N)=O)=C(/N)N1CC(CN2CCC3(CC2)OCC(F)(F)c2cc(Cl)sc23)C(C)=N1. The van der Waals surface area contributed by atoms with Crippen LogP contribution < -0.4 is 11.5 Å². The molecule has 0 saturated carbocycles. The molecule has 0 bridgehead atoms. The molecule has 184 valence electrons. The smallest absolute Gasteiger partial charge is 0.297 e. The lowest BCUT2D eigenvalue weighted by molar-refractivity contribution is -0.181. The van der Waals surface area contributed by atoms with E-state index in [1.165, 1.54) is 29.6 Å². The molecule has 34 heavy (non-hydrogen) atoms. The van der Waals surface area contributed by atoms with Crippen LogP contribution >= 0.6 is 22.9 Å². The molecule has 1 aromatic rings. The summed E-state index contributed by atoms with van der Waals surface area (Å²) in [6, 6.07) is 1.38. The zero-order valence-corrected chi connectivity index (χ0v) is 20.5. The average molecular weight is 512 g/mol. The second kappa shape index (κ2) is 9.41. The van der Waals surface area contributed by atoms with E-state index in [1.54, 1.807) is 11.1 Å². The highest BCUT2D eigenvalue weighted by Crippen LogP contribution is 2.52. The molecule has 7 nitrogen and oxygen atoms in total. The van der Waals surface area contributed by atoms with Crippen molar-refractivity contribution in [2.45, 2.75) is 31.3 Å². The Morgan fingerprint density at radius 2 is 2.12 bits per heavy atom. The number of alkyl halides is 2. The summed E-state index contributed by atoms with van der Waals surface area (Å²) >= 11 is 7.29. The highest BCUT2D eigenvalue weighted by Gasteiger charge is 2.51. The third-order valence-corrected chi connectivity index (χ3v) is 8.11. The number of ether oxygens (including phenoxy) is 1. The maximum atomic E-state index is 14.4. The number of allylic oxidation sites excluding steroid dienone is 2. The van der Waals surface area contributed by atoms with Gasteiger partial charge in [-0.3, -0.25) is 4.79 Å². The summed E-state index contributed by atoms with van der Waals surface area (Å²) in [4.78, 5) is 14.7. The fourth-order valence-corrected chi connectivity index (χ4v) is 6.20. The molecule has 1 amide bonds. The fraction of sp³-hybridized carbons (Fsp3) is 0.478. The molecule has 1 unspecified atom stereocenters. The lowest BCUT2D eigenvalue weighted by Crippen LogP contribution is -2.50. The molecule has 1 aromatic heterocycles. The first-order valence-corrected chi connectivity index (χ1v) is 12.2. The third kappa shape index (κ3) is 4.64. The van der Waals surface area contributed by atoms with Gasteiger partial charge in [0.15, 0.2) is 0 Å². The summed E-state index contributed by atoms with van der Waals surface area (Å²) in [6.07, 6.45) is 5.87. The summed E-state index contributed by atoms with van der Waals surface area (Å²) in [6.45, 7) is 7.55. The van der Waals surface area contributed by atoms with Crippen LogP contribution in [0.5, 0.6) is 0 Å². The Morgan fingerprint density at radius 1 is 1.41 bits per heavy atom. The normalized spacial score (nSPS) is 24.8. The standard InChI is InChI=1S/C23H28ClF2N5O2S/c1-3-4-5-16(21(28)32)20(27)31-12-15(14(2)29-31)11-30-8-6-22(7-9-30)19-17(10-18(24)34-19)23(25,26)13-33-22/h3-5,10,15H,1,6-9,11-13,27H2,2H3,(H2,28,32)/b5-4-,20-16-. The number of carbonyl (C=O) groups is 1. The molecule has 3 aliphatic rings. The number of rotatable bonds is 6. The number of hydrogen-bond donors (Lipinski definition) is 2. The number of hydrogen-bond acceptors (Lipinski definition) is 7. The molecule has 1 fully saturated rings. The number of carbonyl (C=O) groups excluding carboxylic acids is 1. The van der Waals surface area contributed by atoms with Gasteiger partial charge in [-0.15, -0.1) is 11.3 Å². The van der Waals surface area contributed by atoms with Gasteiger partial charge in [0, 0.05) is 41.7 Å². The molecule has 3 aliphatic heterocycles. The molecule has 1 saturated heterocycles. The van der Waals surface area contributed by atoms with Gasteiger partial charge in [0.05, 0.1) is 16.5 Å². The van der Waals surface area contributed by atoms with E-state index in [9.17, 15) is 13.6 Å². The van der Waals surface area contributed by atoms with E-state index in [-0.39, 0.29) is 22.9 Å². The molecule has 1 spiro atoms. The van der Waals surface area contributed by atoms with E-state index in [0.29, 0.717) is 41.7 Å². The van der Waals surface area contributed by atoms with Crippen LogP contribution in [0.4, 0.5) is 8.78 Å². The average Bonchev–Trinajstić information content (AvgIpc) is 3.37. The summed E-state index contributed by atoms with van der Waals surface area (Å²) in [7, 11) is 0. The lowest BCUT2D eigenvalue weighted by Gasteiger charge is -2.45. The number of halogens is 3. The highest BCUT2D eigenvalue weighted by atomic mass is 35.5. The number of likely N-dealkylation sites (tertiary alicyclic amines) is 1. The number of hydrazone groups is 1. The van der Waals surface area contributed by atoms with Gasteiger partial charge in [0.1, 0.15) is 18.0 Å². The monoisotopic (exact) mass is 511 g/mol. The minimum atomic E-state index is -3.01. The van der Waals surface area contributed by atoms with Crippen molar-refractivity contribution in [3.8, 4) is 0 Å². The summed E-state index contributed by atoms with van der Waals surface area (Å²) < 4.78 is 34.9. The van der Waals surface area contributed by atoms with E-state index in [4.69, 9.17) is 27.8 Å². The number of piperidine rings is 1. The van der Waals surface area contributed by atoms with Crippen molar-refractivity contribution in [2.24, 2.45) is 22.5 Å². The first-order valence-electron chi connectivity index (χ1n) is 11.0. The predicted octanol–water partition coefficient (Wildman–Crippen LogP) is 3.52. The molecule has 1 atom stereocenters. The third-order valence-electron chi connectivity index (χ3n) is 6.66. The van der Waals surface area contributed by atoms with E-state index < -0.39 is 24.0 Å². The number of primary amides is 1. The quantitative estimate of drug-likeness (QED) is 0.450. The van der Waals surface area contributed by atoms with E-state index in [0.717, 1.165) is 12.3 Å². The van der Waals surface area contributed by atoms with Crippen LogP contribution in [0.25, 0.3) is 0 Å². The largest absolute Gasteiger partial charge is 0.383 e.